The summed E-state index contributed by atoms with van der Waals surface area (Å²) in [6.07, 6.45) is 8.78. The Hall–Kier alpha value is -2.50. The normalized spacial score (nSPS) is 17.8. The quantitative estimate of drug-likeness (QED) is 0.181. The van der Waals surface area contributed by atoms with Gasteiger partial charge in [0.1, 0.15) is 11.5 Å². The number of phenolic OH excluding ortho intramolecular Hbond substituents is 2. The number of hydrogen-bond acceptors (Lipinski definition) is 5. The Morgan fingerprint density at radius 3 is 1.46 bits per heavy atom. The zero-order valence-electron chi connectivity index (χ0n) is 34.9. The van der Waals surface area contributed by atoms with Crippen LogP contribution in [0.25, 0.3) is 0 Å². The Bertz CT molecular complexity index is 1380. The summed E-state index contributed by atoms with van der Waals surface area (Å²) in [4.78, 5) is 2.59. The van der Waals surface area contributed by atoms with Crippen molar-refractivity contribution < 1.29 is 19.7 Å². The number of aryl methyl sites for hydroxylation is 1. The largest absolute Gasteiger partial charge is 0.507 e. The zero-order chi connectivity index (χ0) is 38.1. The number of hydrogen-bond donors (Lipinski definition) is 2. The molecular formula is C45H73NO4. The highest BCUT2D eigenvalue weighted by Gasteiger charge is 2.45. The first-order valence-electron chi connectivity index (χ1n) is 19.0. The third-order valence-corrected chi connectivity index (χ3v) is 10.4. The van der Waals surface area contributed by atoms with Crippen molar-refractivity contribution in [2.45, 2.75) is 182 Å². The van der Waals surface area contributed by atoms with E-state index in [2.05, 4.69) is 146 Å². The van der Waals surface area contributed by atoms with E-state index >= 15 is 0 Å². The Kier molecular flexibility index (Phi) is 12.8. The lowest BCUT2D eigenvalue weighted by atomic mass is 9.78. The van der Waals surface area contributed by atoms with Gasteiger partial charge in [-0.1, -0.05) is 107 Å². The summed E-state index contributed by atoms with van der Waals surface area (Å²) in [5, 5.41) is 22.2. The summed E-state index contributed by atoms with van der Waals surface area (Å²) < 4.78 is 12.6. The van der Waals surface area contributed by atoms with E-state index < -0.39 is 0 Å². The lowest BCUT2D eigenvalue weighted by Gasteiger charge is -2.55. The van der Waals surface area contributed by atoms with Crippen LogP contribution < -0.4 is 0 Å². The van der Waals surface area contributed by atoms with Crippen LogP contribution in [-0.4, -0.2) is 52.1 Å². The maximum Gasteiger partial charge on any atom is 0.123 e. The number of rotatable bonds is 11. The molecule has 2 aromatic rings. The van der Waals surface area contributed by atoms with Gasteiger partial charge in [-0.2, -0.15) is 0 Å². The van der Waals surface area contributed by atoms with Crippen LogP contribution in [0, 0.1) is 0 Å². The van der Waals surface area contributed by atoms with Gasteiger partial charge in [0.05, 0.1) is 19.0 Å². The molecule has 282 valence electrons. The predicted octanol–water partition coefficient (Wildman–Crippen LogP) is 11.0. The molecule has 0 radical (unpaired) electrons. The van der Waals surface area contributed by atoms with Crippen LogP contribution in [0.2, 0.25) is 0 Å². The lowest BCUT2D eigenvalue weighted by Crippen LogP contribution is -2.62. The Balaban J connectivity index is 1.55. The average molecular weight is 692 g/mol. The molecule has 5 nitrogen and oxygen atoms in total. The number of phenols is 2. The second-order valence-electron chi connectivity index (χ2n) is 20.3. The lowest BCUT2D eigenvalue weighted by molar-refractivity contribution is -0.108. The van der Waals surface area contributed by atoms with Crippen molar-refractivity contribution in [2.24, 2.45) is 0 Å². The van der Waals surface area contributed by atoms with Crippen molar-refractivity contribution in [1.29, 1.82) is 0 Å². The van der Waals surface area contributed by atoms with Gasteiger partial charge in [0, 0.05) is 24.2 Å². The molecule has 0 aliphatic carbocycles. The summed E-state index contributed by atoms with van der Waals surface area (Å²) in [5.74, 6) is 0.869. The fourth-order valence-electron chi connectivity index (χ4n) is 7.88. The number of nitrogens with zero attached hydrogens (tertiary/aromatic N) is 1. The number of ether oxygens (including phenoxy) is 2. The molecule has 0 amide bonds. The van der Waals surface area contributed by atoms with Crippen molar-refractivity contribution in [2.75, 3.05) is 19.8 Å². The third kappa shape index (κ3) is 10.8. The van der Waals surface area contributed by atoms with Crippen LogP contribution in [0.1, 0.15) is 163 Å². The summed E-state index contributed by atoms with van der Waals surface area (Å²) in [6.45, 7) is 37.5. The number of piperidine rings is 1. The molecule has 5 heteroatoms. The van der Waals surface area contributed by atoms with E-state index in [1.807, 2.05) is 6.26 Å². The van der Waals surface area contributed by atoms with E-state index in [4.69, 9.17) is 9.47 Å². The number of likely N-dealkylation sites (tertiary alicyclic amines) is 1. The minimum atomic E-state index is -0.140. The minimum absolute atomic E-state index is 0.0155. The van der Waals surface area contributed by atoms with Gasteiger partial charge in [0.15, 0.2) is 0 Å². The van der Waals surface area contributed by atoms with Crippen LogP contribution in [0.3, 0.4) is 0 Å². The number of benzene rings is 2. The molecule has 2 N–H and O–H groups in total. The summed E-state index contributed by atoms with van der Waals surface area (Å²) in [5.41, 5.74) is 5.95. The van der Waals surface area contributed by atoms with Crippen LogP contribution >= 0.6 is 0 Å². The fraction of sp³-hybridized carbons (Fsp3) is 0.689. The first-order chi connectivity index (χ1) is 22.6. The van der Waals surface area contributed by atoms with Crippen molar-refractivity contribution >= 4 is 0 Å². The molecule has 1 aliphatic heterocycles. The zero-order valence-corrected chi connectivity index (χ0v) is 34.9. The highest BCUT2D eigenvalue weighted by Crippen LogP contribution is 2.42. The van der Waals surface area contributed by atoms with Crippen molar-refractivity contribution in [3.8, 4) is 11.5 Å². The molecule has 0 unspecified atom stereocenters. The second-order valence-corrected chi connectivity index (χ2v) is 20.3. The molecule has 0 aromatic heterocycles. The highest BCUT2D eigenvalue weighted by atomic mass is 16.5. The van der Waals surface area contributed by atoms with Crippen LogP contribution in [0.15, 0.2) is 36.6 Å². The molecule has 1 heterocycles. The minimum Gasteiger partial charge on any atom is -0.507 e. The standard InChI is InChI=1S/C45H73NO4/c1-40(2,3)34-25-31(26-35(38(34)47)41(4,5)6)19-17-22-49-24-21-46-44(13,14)29-33(30-45(46,15)16)50-23-18-20-32-27-36(42(7,8)9)39(48)37(28-32)43(10,11)12/h17,22,25-28,33,47-48H,18-21,23-24,29-30H2,1-16H3. The van der Waals surface area contributed by atoms with Crippen LogP contribution in [0.5, 0.6) is 11.5 Å². The van der Waals surface area contributed by atoms with E-state index in [1.54, 1.807) is 0 Å². The smallest absolute Gasteiger partial charge is 0.123 e. The fourth-order valence-corrected chi connectivity index (χ4v) is 7.88. The molecule has 0 spiro atoms. The Morgan fingerprint density at radius 2 is 1.06 bits per heavy atom. The molecule has 50 heavy (non-hydrogen) atoms. The van der Waals surface area contributed by atoms with Gasteiger partial charge in [-0.05, 0) is 121 Å². The Labute approximate surface area is 306 Å². The van der Waals surface area contributed by atoms with E-state index in [1.165, 1.54) is 11.1 Å². The molecule has 3 rings (SSSR count). The molecule has 2 aromatic carbocycles. The summed E-state index contributed by atoms with van der Waals surface area (Å²) >= 11 is 0. The van der Waals surface area contributed by atoms with Gasteiger partial charge < -0.3 is 19.7 Å². The monoisotopic (exact) mass is 692 g/mol. The predicted molar refractivity (Wildman–Crippen MR) is 212 cm³/mol. The summed E-state index contributed by atoms with van der Waals surface area (Å²) in [7, 11) is 0. The molecule has 1 aliphatic rings. The van der Waals surface area contributed by atoms with Gasteiger partial charge >= 0.3 is 0 Å². The van der Waals surface area contributed by atoms with E-state index in [0.717, 1.165) is 67.5 Å². The van der Waals surface area contributed by atoms with E-state index in [0.29, 0.717) is 18.1 Å². The van der Waals surface area contributed by atoms with Crippen LogP contribution in [0.4, 0.5) is 0 Å². The highest BCUT2D eigenvalue weighted by molar-refractivity contribution is 5.51. The molecule has 0 atom stereocenters. The topological polar surface area (TPSA) is 62.2 Å². The van der Waals surface area contributed by atoms with Crippen molar-refractivity contribution in [3.63, 3.8) is 0 Å². The van der Waals surface area contributed by atoms with E-state index in [9.17, 15) is 10.2 Å². The van der Waals surface area contributed by atoms with Gasteiger partial charge in [-0.25, -0.2) is 0 Å². The van der Waals surface area contributed by atoms with Gasteiger partial charge in [0.2, 0.25) is 0 Å². The Morgan fingerprint density at radius 1 is 0.660 bits per heavy atom. The van der Waals surface area contributed by atoms with Gasteiger partial charge in [-0.3, -0.25) is 4.90 Å². The molecule has 1 saturated heterocycles. The molecule has 0 bridgehead atoms. The number of allylic oxidation sites excluding steroid dienone is 1. The first-order valence-corrected chi connectivity index (χ1v) is 19.0. The van der Waals surface area contributed by atoms with Crippen molar-refractivity contribution in [3.05, 3.63) is 70.0 Å². The third-order valence-electron chi connectivity index (χ3n) is 10.4. The van der Waals surface area contributed by atoms with Crippen LogP contribution in [-0.2, 0) is 44.0 Å². The van der Waals surface area contributed by atoms with Gasteiger partial charge in [-0.15, -0.1) is 0 Å². The molecule has 0 saturated carbocycles. The molecule has 1 fully saturated rings. The van der Waals surface area contributed by atoms with E-state index in [-0.39, 0.29) is 38.8 Å². The summed E-state index contributed by atoms with van der Waals surface area (Å²) in [6, 6.07) is 8.69. The maximum absolute atomic E-state index is 11.1. The maximum atomic E-state index is 11.1. The first kappa shape index (κ1) is 41.9. The van der Waals surface area contributed by atoms with Gasteiger partial charge in [0.25, 0.3) is 0 Å². The van der Waals surface area contributed by atoms with Crippen molar-refractivity contribution in [1.82, 2.24) is 4.90 Å². The number of aromatic hydroxyl groups is 2. The SMILES string of the molecule is CC(C)(C)c1cc(CC=COCCN2C(C)(C)CC(OCCCc3cc(C(C)(C)C)c(O)c(C(C)(C)C)c3)CC2(C)C)cc(C(C)(C)C)c1O. The second kappa shape index (κ2) is 15.2. The molecular weight excluding hydrogens is 618 g/mol. The average Bonchev–Trinajstić information content (AvgIpc) is 2.92.